The molecule has 0 aliphatic heterocycles. The van der Waals surface area contributed by atoms with E-state index in [0.29, 0.717) is 11.9 Å². The molecule has 0 aromatic carbocycles. The van der Waals surface area contributed by atoms with Gasteiger partial charge in [0.2, 0.25) is 5.91 Å². The highest BCUT2D eigenvalue weighted by Crippen LogP contribution is 2.30. The van der Waals surface area contributed by atoms with Crippen molar-refractivity contribution in [2.75, 3.05) is 27.2 Å². The first kappa shape index (κ1) is 17.7. The molecule has 0 saturated heterocycles. The summed E-state index contributed by atoms with van der Waals surface area (Å²) in [4.78, 5) is 17.1. The highest BCUT2D eigenvalue weighted by Gasteiger charge is 2.34. The fraction of sp³-hybridized carbons (Fsp3) is 0.933. The van der Waals surface area contributed by atoms with E-state index in [0.717, 1.165) is 32.4 Å². The van der Waals surface area contributed by atoms with Crippen molar-refractivity contribution >= 4 is 18.3 Å². The van der Waals surface area contributed by atoms with Gasteiger partial charge in [0.05, 0.1) is 0 Å². The van der Waals surface area contributed by atoms with Crippen molar-refractivity contribution in [2.45, 2.75) is 57.0 Å². The first-order valence-corrected chi connectivity index (χ1v) is 7.78. The lowest BCUT2D eigenvalue weighted by Gasteiger charge is -2.32. The van der Waals surface area contributed by atoms with Gasteiger partial charge in [-0.25, -0.2) is 0 Å². The van der Waals surface area contributed by atoms with Crippen LogP contribution in [0.2, 0.25) is 0 Å². The maximum absolute atomic E-state index is 12.7. The van der Waals surface area contributed by atoms with E-state index >= 15 is 0 Å². The lowest BCUT2D eigenvalue weighted by molar-refractivity contribution is -0.137. The molecule has 0 spiro atoms. The fourth-order valence-corrected chi connectivity index (χ4v) is 3.47. The third-order valence-electron chi connectivity index (χ3n) is 4.66. The van der Waals surface area contributed by atoms with Crippen LogP contribution in [-0.4, -0.2) is 55.0 Å². The number of amides is 1. The molecule has 2 N–H and O–H groups in total. The SMILES string of the molecule is CN(C)CCN(C(=O)C1CCC(N)C1)C1CCCC1.Cl. The zero-order valence-corrected chi connectivity index (χ0v) is 13.7. The Balaban J connectivity index is 0.00000200. The molecular formula is C15H30ClN3O. The average Bonchev–Trinajstić information content (AvgIpc) is 3.00. The molecule has 0 aromatic heterocycles. The summed E-state index contributed by atoms with van der Waals surface area (Å²) < 4.78 is 0. The van der Waals surface area contributed by atoms with E-state index < -0.39 is 0 Å². The van der Waals surface area contributed by atoms with Crippen molar-refractivity contribution in [2.24, 2.45) is 11.7 Å². The van der Waals surface area contributed by atoms with Gasteiger partial charge in [0.1, 0.15) is 0 Å². The van der Waals surface area contributed by atoms with Crippen LogP contribution in [0.25, 0.3) is 0 Å². The van der Waals surface area contributed by atoms with Gasteiger partial charge in [0.25, 0.3) is 0 Å². The van der Waals surface area contributed by atoms with Gasteiger partial charge in [-0.3, -0.25) is 4.79 Å². The molecular weight excluding hydrogens is 274 g/mol. The number of halogens is 1. The Kier molecular flexibility index (Phi) is 7.27. The number of nitrogens with two attached hydrogens (primary N) is 1. The van der Waals surface area contributed by atoms with E-state index in [2.05, 4.69) is 23.9 Å². The topological polar surface area (TPSA) is 49.6 Å². The van der Waals surface area contributed by atoms with Crippen LogP contribution in [0.4, 0.5) is 0 Å². The second kappa shape index (κ2) is 8.20. The van der Waals surface area contributed by atoms with Crippen LogP contribution < -0.4 is 5.73 Å². The molecule has 2 saturated carbocycles. The molecule has 0 heterocycles. The van der Waals surface area contributed by atoms with E-state index in [-0.39, 0.29) is 24.4 Å². The number of hydrogen-bond acceptors (Lipinski definition) is 3. The molecule has 2 unspecified atom stereocenters. The third-order valence-corrected chi connectivity index (χ3v) is 4.66. The molecule has 2 atom stereocenters. The van der Waals surface area contributed by atoms with E-state index in [1.807, 2.05) is 0 Å². The molecule has 0 bridgehead atoms. The van der Waals surface area contributed by atoms with Gasteiger partial charge in [0, 0.05) is 31.1 Å². The maximum Gasteiger partial charge on any atom is 0.226 e. The summed E-state index contributed by atoms with van der Waals surface area (Å²) in [6.07, 6.45) is 7.84. The Morgan fingerprint density at radius 1 is 1.10 bits per heavy atom. The fourth-order valence-electron chi connectivity index (χ4n) is 3.47. The zero-order chi connectivity index (χ0) is 13.8. The summed E-state index contributed by atoms with van der Waals surface area (Å²) in [5.74, 6) is 0.569. The average molecular weight is 304 g/mol. The summed E-state index contributed by atoms with van der Waals surface area (Å²) in [6.45, 7) is 1.84. The number of hydrogen-bond donors (Lipinski definition) is 1. The standard InChI is InChI=1S/C15H29N3O.ClH/c1-17(2)9-10-18(14-5-3-4-6-14)15(19)12-7-8-13(16)11-12;/h12-14H,3-11,16H2,1-2H3;1H. The van der Waals surface area contributed by atoms with E-state index in [4.69, 9.17) is 5.73 Å². The highest BCUT2D eigenvalue weighted by atomic mass is 35.5. The number of carbonyl (C=O) groups is 1. The van der Waals surface area contributed by atoms with Crippen LogP contribution in [0, 0.1) is 5.92 Å². The lowest BCUT2D eigenvalue weighted by atomic mass is 10.0. The number of likely N-dealkylation sites (N-methyl/N-ethyl adjacent to an activating group) is 1. The van der Waals surface area contributed by atoms with Crippen molar-refractivity contribution in [3.05, 3.63) is 0 Å². The van der Waals surface area contributed by atoms with Crippen molar-refractivity contribution in [3.63, 3.8) is 0 Å². The summed E-state index contributed by atoms with van der Waals surface area (Å²) in [6, 6.07) is 0.734. The molecule has 5 heteroatoms. The van der Waals surface area contributed by atoms with Gasteiger partial charge in [-0.1, -0.05) is 12.8 Å². The Morgan fingerprint density at radius 3 is 2.25 bits per heavy atom. The molecule has 4 nitrogen and oxygen atoms in total. The lowest BCUT2D eigenvalue weighted by Crippen LogP contribution is -2.45. The van der Waals surface area contributed by atoms with E-state index in [1.54, 1.807) is 0 Å². The second-order valence-corrected chi connectivity index (χ2v) is 6.54. The summed E-state index contributed by atoms with van der Waals surface area (Å²) in [7, 11) is 4.14. The number of rotatable bonds is 5. The molecule has 2 rings (SSSR count). The number of nitrogens with zero attached hydrogens (tertiary/aromatic N) is 2. The van der Waals surface area contributed by atoms with Crippen molar-refractivity contribution in [1.29, 1.82) is 0 Å². The molecule has 2 fully saturated rings. The van der Waals surface area contributed by atoms with Crippen LogP contribution in [0.5, 0.6) is 0 Å². The molecule has 0 aromatic rings. The molecule has 0 radical (unpaired) electrons. The quantitative estimate of drug-likeness (QED) is 0.843. The minimum atomic E-state index is 0. The predicted molar refractivity (Wildman–Crippen MR) is 85.1 cm³/mol. The second-order valence-electron chi connectivity index (χ2n) is 6.54. The van der Waals surface area contributed by atoms with E-state index in [1.165, 1.54) is 25.7 Å². The maximum atomic E-state index is 12.7. The van der Waals surface area contributed by atoms with Gasteiger partial charge >= 0.3 is 0 Å². The van der Waals surface area contributed by atoms with Gasteiger partial charge in [-0.05, 0) is 46.2 Å². The van der Waals surface area contributed by atoms with Crippen LogP contribution >= 0.6 is 12.4 Å². The third kappa shape index (κ3) is 4.61. The summed E-state index contributed by atoms with van der Waals surface area (Å²) >= 11 is 0. The zero-order valence-electron chi connectivity index (χ0n) is 12.9. The van der Waals surface area contributed by atoms with E-state index in [9.17, 15) is 4.79 Å². The van der Waals surface area contributed by atoms with Crippen LogP contribution in [0.15, 0.2) is 0 Å². The molecule has 2 aliphatic carbocycles. The van der Waals surface area contributed by atoms with Gasteiger partial charge in [-0.15, -0.1) is 12.4 Å². The summed E-state index contributed by atoms with van der Waals surface area (Å²) in [5, 5.41) is 0. The summed E-state index contributed by atoms with van der Waals surface area (Å²) in [5.41, 5.74) is 5.96. The molecule has 118 valence electrons. The smallest absolute Gasteiger partial charge is 0.226 e. The van der Waals surface area contributed by atoms with Crippen molar-refractivity contribution in [1.82, 2.24) is 9.80 Å². The van der Waals surface area contributed by atoms with Crippen molar-refractivity contribution < 1.29 is 4.79 Å². The molecule has 1 amide bonds. The first-order valence-electron chi connectivity index (χ1n) is 7.78. The minimum absolute atomic E-state index is 0. The van der Waals surface area contributed by atoms with Gasteiger partial charge in [0.15, 0.2) is 0 Å². The monoisotopic (exact) mass is 303 g/mol. The van der Waals surface area contributed by atoms with Gasteiger partial charge in [-0.2, -0.15) is 0 Å². The Bertz CT molecular complexity index is 305. The van der Waals surface area contributed by atoms with Crippen molar-refractivity contribution in [3.8, 4) is 0 Å². The normalized spacial score (nSPS) is 26.8. The van der Waals surface area contributed by atoms with Crippen LogP contribution in [0.1, 0.15) is 44.9 Å². The highest BCUT2D eigenvalue weighted by molar-refractivity contribution is 5.85. The Hall–Kier alpha value is -0.320. The minimum Gasteiger partial charge on any atom is -0.338 e. The molecule has 2 aliphatic rings. The Labute approximate surface area is 129 Å². The Morgan fingerprint density at radius 2 is 1.75 bits per heavy atom. The van der Waals surface area contributed by atoms with Crippen LogP contribution in [0.3, 0.4) is 0 Å². The van der Waals surface area contributed by atoms with Gasteiger partial charge < -0.3 is 15.5 Å². The molecule has 20 heavy (non-hydrogen) atoms. The van der Waals surface area contributed by atoms with Crippen LogP contribution in [-0.2, 0) is 4.79 Å². The largest absolute Gasteiger partial charge is 0.338 e. The first-order chi connectivity index (χ1) is 9.08. The predicted octanol–water partition coefficient (Wildman–Crippen LogP) is 1.87. The number of carbonyl (C=O) groups excluding carboxylic acids is 1.